The van der Waals surface area contributed by atoms with Gasteiger partial charge in [0.15, 0.2) is 11.9 Å². The van der Waals surface area contributed by atoms with Crippen molar-refractivity contribution in [2.75, 3.05) is 26.2 Å². The summed E-state index contributed by atoms with van der Waals surface area (Å²) in [6, 6.07) is -3.28. The largest absolute Gasteiger partial charge is 0.480 e. The van der Waals surface area contributed by atoms with E-state index < -0.39 is 41.8 Å². The first-order chi connectivity index (χ1) is 17.0. The second-order valence-electron chi connectivity index (χ2n) is 7.97. The summed E-state index contributed by atoms with van der Waals surface area (Å²) in [5.41, 5.74) is 32.0. The molecule has 36 heavy (non-hydrogen) atoms. The van der Waals surface area contributed by atoms with E-state index in [0.29, 0.717) is 32.2 Å². The molecule has 3 unspecified atom stereocenters. The molecule has 0 aromatic carbocycles. The standard InChI is InChI=1S/C20H41N11O5/c21-8-2-1-5-13(17(34)31-14(18(35)36)7-4-10-28-20(25)26)30-16(33)12(29-15(32)11-22)6-3-9-27-19(23)24/h12-14H,1-11,21-22H2,(H,29,32)(H,30,33)(H,31,34)(H,35,36)(H4,23,24,27)(H4,25,26,28). The Bertz CT molecular complexity index is 767. The normalized spacial score (nSPS) is 12.9. The van der Waals surface area contributed by atoms with Crippen LogP contribution in [-0.2, 0) is 19.2 Å². The van der Waals surface area contributed by atoms with Crippen molar-refractivity contribution in [2.24, 2.45) is 44.4 Å². The summed E-state index contributed by atoms with van der Waals surface area (Å²) in [4.78, 5) is 56.9. The van der Waals surface area contributed by atoms with Crippen LogP contribution in [0, 0.1) is 0 Å². The van der Waals surface area contributed by atoms with Crippen LogP contribution in [0.15, 0.2) is 9.98 Å². The van der Waals surface area contributed by atoms with Gasteiger partial charge in [-0.2, -0.15) is 0 Å². The molecule has 0 saturated heterocycles. The molecular formula is C20H41N11O5. The lowest BCUT2D eigenvalue weighted by Gasteiger charge is -2.24. The molecule has 0 rings (SSSR count). The van der Waals surface area contributed by atoms with E-state index in [1.165, 1.54) is 0 Å². The number of unbranched alkanes of at least 4 members (excludes halogenated alkanes) is 1. The van der Waals surface area contributed by atoms with Gasteiger partial charge >= 0.3 is 5.97 Å². The Morgan fingerprint density at radius 2 is 1.11 bits per heavy atom. The van der Waals surface area contributed by atoms with Crippen molar-refractivity contribution in [1.82, 2.24) is 16.0 Å². The fraction of sp³-hybridized carbons (Fsp3) is 0.700. The van der Waals surface area contributed by atoms with E-state index in [-0.39, 0.29) is 50.8 Å². The number of rotatable bonds is 19. The number of nitrogens with two attached hydrogens (primary N) is 6. The van der Waals surface area contributed by atoms with Crippen LogP contribution in [0.4, 0.5) is 0 Å². The summed E-state index contributed by atoms with van der Waals surface area (Å²) in [6.07, 6.45) is 2.22. The first-order valence-corrected chi connectivity index (χ1v) is 11.7. The van der Waals surface area contributed by atoms with Gasteiger partial charge in [-0.05, 0) is 51.5 Å². The number of guanidine groups is 2. The summed E-state index contributed by atoms with van der Waals surface area (Å²) in [7, 11) is 0. The number of carboxylic acid groups (broad SMARTS) is 1. The Labute approximate surface area is 210 Å². The molecule has 0 aliphatic heterocycles. The zero-order valence-electron chi connectivity index (χ0n) is 20.4. The number of nitrogens with zero attached hydrogens (tertiary/aromatic N) is 2. The number of carboxylic acids is 1. The lowest BCUT2D eigenvalue weighted by molar-refractivity contribution is -0.142. The number of carbonyl (C=O) groups excluding carboxylic acids is 3. The fourth-order valence-electron chi connectivity index (χ4n) is 3.09. The lowest BCUT2D eigenvalue weighted by Crippen LogP contribution is -2.56. The highest BCUT2D eigenvalue weighted by Crippen LogP contribution is 2.06. The monoisotopic (exact) mass is 515 g/mol. The van der Waals surface area contributed by atoms with Crippen LogP contribution >= 0.6 is 0 Å². The van der Waals surface area contributed by atoms with Crippen LogP contribution < -0.4 is 50.4 Å². The molecule has 0 spiro atoms. The van der Waals surface area contributed by atoms with E-state index in [9.17, 15) is 24.3 Å². The van der Waals surface area contributed by atoms with Gasteiger partial charge in [0.05, 0.1) is 6.54 Å². The number of aliphatic imine (C=N–C) groups is 2. The third kappa shape index (κ3) is 15.3. The van der Waals surface area contributed by atoms with Crippen molar-refractivity contribution in [3.8, 4) is 0 Å². The highest BCUT2D eigenvalue weighted by atomic mass is 16.4. The molecule has 0 heterocycles. The predicted octanol–water partition coefficient (Wildman–Crippen LogP) is -4.28. The molecule has 0 aromatic heterocycles. The predicted molar refractivity (Wildman–Crippen MR) is 135 cm³/mol. The third-order valence-electron chi connectivity index (χ3n) is 4.92. The van der Waals surface area contributed by atoms with E-state index in [1.54, 1.807) is 0 Å². The molecule has 3 amide bonds. The van der Waals surface area contributed by atoms with Gasteiger partial charge in [0.25, 0.3) is 0 Å². The Hall–Kier alpha value is -3.66. The SMILES string of the molecule is NCCCCC(NC(=O)C(CCCN=C(N)N)NC(=O)CN)C(=O)NC(CCCN=C(N)N)C(=O)O. The Morgan fingerprint density at radius 3 is 1.56 bits per heavy atom. The van der Waals surface area contributed by atoms with Crippen LogP contribution in [0.25, 0.3) is 0 Å². The van der Waals surface area contributed by atoms with Crippen molar-refractivity contribution in [3.63, 3.8) is 0 Å². The van der Waals surface area contributed by atoms with Crippen LogP contribution in [0.1, 0.15) is 44.9 Å². The maximum absolute atomic E-state index is 13.0. The number of hydrogen-bond donors (Lipinski definition) is 10. The van der Waals surface area contributed by atoms with Gasteiger partial charge in [-0.3, -0.25) is 24.4 Å². The second-order valence-corrected chi connectivity index (χ2v) is 7.97. The molecule has 0 aromatic rings. The molecular weight excluding hydrogens is 474 g/mol. The minimum atomic E-state index is -1.24. The smallest absolute Gasteiger partial charge is 0.326 e. The third-order valence-corrected chi connectivity index (χ3v) is 4.92. The molecule has 206 valence electrons. The quantitative estimate of drug-likeness (QED) is 0.0445. The molecule has 0 aliphatic carbocycles. The Balaban J connectivity index is 5.39. The summed E-state index contributed by atoms with van der Waals surface area (Å²) >= 11 is 0. The Kier molecular flexibility index (Phi) is 16.7. The van der Waals surface area contributed by atoms with Gasteiger partial charge in [-0.15, -0.1) is 0 Å². The first-order valence-electron chi connectivity index (χ1n) is 11.7. The summed E-state index contributed by atoms with van der Waals surface area (Å²) in [5, 5.41) is 17.0. The van der Waals surface area contributed by atoms with Gasteiger partial charge < -0.3 is 55.5 Å². The zero-order chi connectivity index (χ0) is 27.5. The molecule has 0 aliphatic rings. The first kappa shape index (κ1) is 32.3. The van der Waals surface area contributed by atoms with Gasteiger partial charge in [-0.25, -0.2) is 4.79 Å². The second kappa shape index (κ2) is 18.6. The molecule has 16 heteroatoms. The number of hydrogen-bond acceptors (Lipinski definition) is 8. The maximum Gasteiger partial charge on any atom is 0.326 e. The maximum atomic E-state index is 13.0. The van der Waals surface area contributed by atoms with Gasteiger partial charge in [0.2, 0.25) is 17.7 Å². The average Bonchev–Trinajstić information content (AvgIpc) is 2.81. The molecule has 3 atom stereocenters. The van der Waals surface area contributed by atoms with E-state index in [4.69, 9.17) is 34.4 Å². The van der Waals surface area contributed by atoms with Crippen molar-refractivity contribution < 1.29 is 24.3 Å². The zero-order valence-corrected chi connectivity index (χ0v) is 20.4. The van der Waals surface area contributed by atoms with E-state index in [0.717, 1.165) is 0 Å². The number of aliphatic carboxylic acids is 1. The fourth-order valence-corrected chi connectivity index (χ4v) is 3.09. The summed E-state index contributed by atoms with van der Waals surface area (Å²) in [6.45, 7) is 0.467. The topological polar surface area (TPSA) is 305 Å². The average molecular weight is 516 g/mol. The minimum absolute atomic E-state index is 0.0707. The number of nitrogens with one attached hydrogen (secondary N) is 3. The molecule has 0 bridgehead atoms. The van der Waals surface area contributed by atoms with Crippen molar-refractivity contribution in [3.05, 3.63) is 0 Å². The van der Waals surface area contributed by atoms with Crippen molar-refractivity contribution >= 4 is 35.6 Å². The molecule has 0 radical (unpaired) electrons. The Morgan fingerprint density at radius 1 is 0.667 bits per heavy atom. The summed E-state index contributed by atoms with van der Waals surface area (Å²) in [5.74, 6) is -3.35. The molecule has 0 saturated carbocycles. The molecule has 16 N–H and O–H groups in total. The van der Waals surface area contributed by atoms with E-state index >= 15 is 0 Å². The van der Waals surface area contributed by atoms with Crippen molar-refractivity contribution in [2.45, 2.75) is 63.1 Å². The number of carbonyl (C=O) groups is 4. The number of amides is 3. The van der Waals surface area contributed by atoms with Crippen molar-refractivity contribution in [1.29, 1.82) is 0 Å². The van der Waals surface area contributed by atoms with E-state index in [2.05, 4.69) is 25.9 Å². The van der Waals surface area contributed by atoms with Gasteiger partial charge in [-0.1, -0.05) is 0 Å². The van der Waals surface area contributed by atoms with Crippen LogP contribution in [0.5, 0.6) is 0 Å². The van der Waals surface area contributed by atoms with Crippen LogP contribution in [0.3, 0.4) is 0 Å². The lowest BCUT2D eigenvalue weighted by atomic mass is 10.0. The molecule has 0 fully saturated rings. The van der Waals surface area contributed by atoms with Gasteiger partial charge in [0, 0.05) is 13.1 Å². The van der Waals surface area contributed by atoms with E-state index in [1.807, 2.05) is 0 Å². The highest BCUT2D eigenvalue weighted by molar-refractivity contribution is 5.93. The van der Waals surface area contributed by atoms with Crippen LogP contribution in [-0.4, -0.2) is 85.0 Å². The highest BCUT2D eigenvalue weighted by Gasteiger charge is 2.29. The van der Waals surface area contributed by atoms with Crippen LogP contribution in [0.2, 0.25) is 0 Å². The minimum Gasteiger partial charge on any atom is -0.480 e. The van der Waals surface area contributed by atoms with Gasteiger partial charge in [0.1, 0.15) is 18.1 Å². The summed E-state index contributed by atoms with van der Waals surface area (Å²) < 4.78 is 0. The molecule has 16 nitrogen and oxygen atoms in total.